The molecule has 7 heteroatoms. The fourth-order valence-corrected chi connectivity index (χ4v) is 3.36. The minimum Gasteiger partial charge on any atom is -0.496 e. The molecule has 3 rings (SSSR count). The third kappa shape index (κ3) is 4.45. The van der Waals surface area contributed by atoms with Gasteiger partial charge in [0.25, 0.3) is 5.91 Å². The molecule has 1 unspecified atom stereocenters. The van der Waals surface area contributed by atoms with Crippen LogP contribution in [0, 0.1) is 0 Å². The van der Waals surface area contributed by atoms with Crippen molar-refractivity contribution in [1.82, 2.24) is 0 Å². The lowest BCUT2D eigenvalue weighted by atomic mass is 10.1. The number of carbonyl (C=O) groups excluding carboxylic acids is 2. The van der Waals surface area contributed by atoms with Gasteiger partial charge in [-0.3, -0.25) is 4.79 Å². The number of fused-ring (bicyclic) bond motifs is 1. The molecular formula is C22H25NO6. The Morgan fingerprint density at radius 1 is 0.897 bits per heavy atom. The third-order valence-corrected chi connectivity index (χ3v) is 4.94. The molecule has 2 aromatic carbocycles. The second-order valence-corrected chi connectivity index (χ2v) is 6.78. The van der Waals surface area contributed by atoms with Crippen molar-refractivity contribution in [2.24, 2.45) is 0 Å². The number of rotatable bonds is 7. The molecule has 0 bridgehead atoms. The Bertz CT molecular complexity index is 924. The molecule has 0 aromatic heterocycles. The van der Waals surface area contributed by atoms with Gasteiger partial charge in [0, 0.05) is 17.8 Å². The normalized spacial score (nSPS) is 13.2. The average molecular weight is 399 g/mol. The number of hydrogen-bond donors (Lipinski definition) is 1. The van der Waals surface area contributed by atoms with Crippen LogP contribution in [0.15, 0.2) is 30.3 Å². The molecule has 29 heavy (non-hydrogen) atoms. The van der Waals surface area contributed by atoms with Crippen molar-refractivity contribution in [1.29, 1.82) is 0 Å². The van der Waals surface area contributed by atoms with E-state index in [0.29, 0.717) is 17.2 Å². The molecule has 0 heterocycles. The van der Waals surface area contributed by atoms with Crippen LogP contribution >= 0.6 is 0 Å². The highest BCUT2D eigenvalue weighted by Gasteiger charge is 2.24. The van der Waals surface area contributed by atoms with Gasteiger partial charge in [-0.05, 0) is 49.4 Å². The molecule has 0 fully saturated rings. The van der Waals surface area contributed by atoms with Crippen LogP contribution in [0.1, 0.15) is 34.8 Å². The maximum Gasteiger partial charge on any atom is 0.342 e. The average Bonchev–Trinajstić information content (AvgIpc) is 3.20. The predicted octanol–water partition coefficient (Wildman–Crippen LogP) is 3.39. The quantitative estimate of drug-likeness (QED) is 0.719. The van der Waals surface area contributed by atoms with E-state index in [-0.39, 0.29) is 11.3 Å². The van der Waals surface area contributed by atoms with Gasteiger partial charge in [0.1, 0.15) is 11.3 Å². The Morgan fingerprint density at radius 2 is 1.55 bits per heavy atom. The number of ether oxygens (including phenoxy) is 4. The van der Waals surface area contributed by atoms with E-state index in [0.717, 1.165) is 19.3 Å². The summed E-state index contributed by atoms with van der Waals surface area (Å²) in [4.78, 5) is 25.1. The first-order valence-corrected chi connectivity index (χ1v) is 9.40. The maximum atomic E-state index is 12.6. The predicted molar refractivity (Wildman–Crippen MR) is 108 cm³/mol. The van der Waals surface area contributed by atoms with Crippen LogP contribution in [0.2, 0.25) is 0 Å². The first kappa shape index (κ1) is 20.5. The molecule has 2 aromatic rings. The molecule has 0 radical (unpaired) electrons. The summed E-state index contributed by atoms with van der Waals surface area (Å²) >= 11 is 0. The highest BCUT2D eigenvalue weighted by molar-refractivity contribution is 5.98. The summed E-state index contributed by atoms with van der Waals surface area (Å²) in [6.45, 7) is 1.52. The van der Waals surface area contributed by atoms with Crippen LogP contribution in [-0.2, 0) is 22.4 Å². The Balaban J connectivity index is 1.70. The van der Waals surface area contributed by atoms with Crippen molar-refractivity contribution in [3.8, 4) is 17.2 Å². The molecule has 154 valence electrons. The zero-order valence-electron chi connectivity index (χ0n) is 17.0. The highest BCUT2D eigenvalue weighted by atomic mass is 16.6. The van der Waals surface area contributed by atoms with Crippen LogP contribution in [0.25, 0.3) is 0 Å². The lowest BCUT2D eigenvalue weighted by molar-refractivity contribution is -0.123. The van der Waals surface area contributed by atoms with Crippen LogP contribution in [0.5, 0.6) is 17.2 Å². The van der Waals surface area contributed by atoms with Crippen LogP contribution in [-0.4, -0.2) is 39.3 Å². The van der Waals surface area contributed by atoms with Crippen LogP contribution in [0.3, 0.4) is 0 Å². The Morgan fingerprint density at radius 3 is 2.24 bits per heavy atom. The van der Waals surface area contributed by atoms with Crippen LogP contribution < -0.4 is 19.5 Å². The number of anilines is 1. The molecule has 1 aliphatic carbocycles. The number of carbonyl (C=O) groups is 2. The summed E-state index contributed by atoms with van der Waals surface area (Å²) in [5.74, 6) is -0.0622. The van der Waals surface area contributed by atoms with Crippen molar-refractivity contribution < 1.29 is 28.5 Å². The second-order valence-electron chi connectivity index (χ2n) is 6.78. The molecule has 1 amide bonds. The van der Waals surface area contributed by atoms with E-state index >= 15 is 0 Å². The third-order valence-electron chi connectivity index (χ3n) is 4.94. The number of hydrogen-bond acceptors (Lipinski definition) is 6. The topological polar surface area (TPSA) is 83.1 Å². The largest absolute Gasteiger partial charge is 0.496 e. The minimum atomic E-state index is -0.992. The molecular weight excluding hydrogens is 374 g/mol. The number of amides is 1. The molecule has 0 aliphatic heterocycles. The van der Waals surface area contributed by atoms with Gasteiger partial charge in [-0.25, -0.2) is 4.79 Å². The lowest BCUT2D eigenvalue weighted by Gasteiger charge is -2.17. The minimum absolute atomic E-state index is 0.141. The molecule has 1 atom stereocenters. The molecule has 1 aliphatic rings. The highest BCUT2D eigenvalue weighted by Crippen LogP contribution is 2.35. The summed E-state index contributed by atoms with van der Waals surface area (Å²) in [6, 6.07) is 8.87. The molecule has 0 spiro atoms. The zero-order chi connectivity index (χ0) is 21.0. The fourth-order valence-electron chi connectivity index (χ4n) is 3.36. The van der Waals surface area contributed by atoms with Gasteiger partial charge in [0.15, 0.2) is 17.6 Å². The van der Waals surface area contributed by atoms with Crippen molar-refractivity contribution >= 4 is 17.6 Å². The van der Waals surface area contributed by atoms with Gasteiger partial charge in [-0.1, -0.05) is 6.07 Å². The fraction of sp³-hybridized carbons (Fsp3) is 0.364. The van der Waals surface area contributed by atoms with Gasteiger partial charge in [0.05, 0.1) is 21.3 Å². The van der Waals surface area contributed by atoms with E-state index < -0.39 is 18.0 Å². The Hall–Kier alpha value is -3.22. The molecule has 7 nitrogen and oxygen atoms in total. The van der Waals surface area contributed by atoms with Gasteiger partial charge in [-0.15, -0.1) is 0 Å². The van der Waals surface area contributed by atoms with Crippen molar-refractivity contribution in [3.63, 3.8) is 0 Å². The first-order valence-electron chi connectivity index (χ1n) is 9.40. The number of nitrogens with one attached hydrogen (secondary N) is 1. The monoisotopic (exact) mass is 399 g/mol. The number of benzene rings is 2. The first-order chi connectivity index (χ1) is 14.0. The summed E-state index contributed by atoms with van der Waals surface area (Å²) in [7, 11) is 4.38. The summed E-state index contributed by atoms with van der Waals surface area (Å²) < 4.78 is 21.0. The molecule has 0 saturated carbocycles. The van der Waals surface area contributed by atoms with E-state index in [1.165, 1.54) is 51.5 Å². The smallest absolute Gasteiger partial charge is 0.342 e. The lowest BCUT2D eigenvalue weighted by Crippen LogP contribution is -2.30. The van der Waals surface area contributed by atoms with Crippen molar-refractivity contribution in [2.75, 3.05) is 26.6 Å². The summed E-state index contributed by atoms with van der Waals surface area (Å²) in [5, 5.41) is 2.81. The Labute approximate surface area is 169 Å². The summed E-state index contributed by atoms with van der Waals surface area (Å²) in [5.41, 5.74) is 3.41. The second kappa shape index (κ2) is 8.86. The van der Waals surface area contributed by atoms with Crippen molar-refractivity contribution in [3.05, 3.63) is 47.0 Å². The SMILES string of the molecule is COc1cc(OC)c(C(=O)OC(C)C(=O)Nc2ccc3c(c2)CCC3)cc1OC. The van der Waals surface area contributed by atoms with Gasteiger partial charge >= 0.3 is 5.97 Å². The van der Waals surface area contributed by atoms with Crippen LogP contribution in [0.4, 0.5) is 5.69 Å². The molecule has 0 saturated heterocycles. The van der Waals surface area contributed by atoms with Gasteiger partial charge in [0.2, 0.25) is 0 Å². The number of aryl methyl sites for hydroxylation is 2. The van der Waals surface area contributed by atoms with E-state index in [2.05, 4.69) is 5.32 Å². The van der Waals surface area contributed by atoms with E-state index in [1.807, 2.05) is 18.2 Å². The van der Waals surface area contributed by atoms with E-state index in [1.54, 1.807) is 0 Å². The van der Waals surface area contributed by atoms with Gasteiger partial charge in [-0.2, -0.15) is 0 Å². The van der Waals surface area contributed by atoms with E-state index in [9.17, 15) is 9.59 Å². The standard InChI is InChI=1S/C22H25NO6/c1-13(21(24)23-16-9-8-14-6-5-7-15(14)10-16)29-22(25)17-11-19(27-3)20(28-4)12-18(17)26-2/h8-13H,5-7H2,1-4H3,(H,23,24). The zero-order valence-corrected chi connectivity index (χ0v) is 17.0. The van der Waals surface area contributed by atoms with Gasteiger partial charge < -0.3 is 24.3 Å². The Kier molecular flexibility index (Phi) is 6.26. The molecule has 1 N–H and O–H groups in total. The summed E-state index contributed by atoms with van der Waals surface area (Å²) in [6.07, 6.45) is 2.23. The number of esters is 1. The number of methoxy groups -OCH3 is 3. The maximum absolute atomic E-state index is 12.6. The van der Waals surface area contributed by atoms with E-state index in [4.69, 9.17) is 18.9 Å². The van der Waals surface area contributed by atoms with Crippen molar-refractivity contribution in [2.45, 2.75) is 32.3 Å².